The standard InChI is InChI=1S/C12H19N3O2/c1-8-6-10(14-13)4-5-11(8)12(17)15(3)9(2)7-16/h4-6,9,14,16H,7,13H2,1-3H3. The Morgan fingerprint density at radius 3 is 2.71 bits per heavy atom. The third-order valence-electron chi connectivity index (χ3n) is 2.87. The van der Waals surface area contributed by atoms with Crippen LogP contribution in [0.25, 0.3) is 0 Å². The molecule has 1 rings (SSSR count). The van der Waals surface area contributed by atoms with Gasteiger partial charge in [0.25, 0.3) is 5.91 Å². The Morgan fingerprint density at radius 2 is 2.24 bits per heavy atom. The monoisotopic (exact) mass is 237 g/mol. The zero-order chi connectivity index (χ0) is 13.0. The summed E-state index contributed by atoms with van der Waals surface area (Å²) in [6.45, 7) is 3.60. The van der Waals surface area contributed by atoms with Gasteiger partial charge in [-0.15, -0.1) is 0 Å². The number of hydrogen-bond donors (Lipinski definition) is 3. The van der Waals surface area contributed by atoms with Crippen LogP contribution in [-0.2, 0) is 0 Å². The van der Waals surface area contributed by atoms with Gasteiger partial charge in [0.15, 0.2) is 0 Å². The number of carbonyl (C=O) groups is 1. The van der Waals surface area contributed by atoms with Gasteiger partial charge in [-0.3, -0.25) is 10.6 Å². The smallest absolute Gasteiger partial charge is 0.254 e. The largest absolute Gasteiger partial charge is 0.394 e. The minimum Gasteiger partial charge on any atom is -0.394 e. The highest BCUT2D eigenvalue weighted by Crippen LogP contribution is 2.16. The van der Waals surface area contributed by atoms with Crippen LogP contribution in [0.2, 0.25) is 0 Å². The van der Waals surface area contributed by atoms with Crippen LogP contribution in [0, 0.1) is 6.92 Å². The second-order valence-corrected chi connectivity index (χ2v) is 4.12. The number of hydrazine groups is 1. The molecule has 1 aromatic carbocycles. The van der Waals surface area contributed by atoms with Crippen LogP contribution in [0.3, 0.4) is 0 Å². The number of anilines is 1. The first-order chi connectivity index (χ1) is 8.01. The number of nitrogens with one attached hydrogen (secondary N) is 1. The molecule has 1 unspecified atom stereocenters. The van der Waals surface area contributed by atoms with Crippen LogP contribution in [-0.4, -0.2) is 35.6 Å². The topological polar surface area (TPSA) is 78.6 Å². The predicted octanol–water partition coefficient (Wildman–Crippen LogP) is 0.733. The second kappa shape index (κ2) is 5.65. The number of aryl methyl sites for hydroxylation is 1. The molecule has 17 heavy (non-hydrogen) atoms. The number of amides is 1. The molecule has 1 aromatic rings. The first-order valence-corrected chi connectivity index (χ1v) is 5.46. The SMILES string of the molecule is Cc1cc(NN)ccc1C(=O)N(C)C(C)CO. The lowest BCUT2D eigenvalue weighted by molar-refractivity contribution is 0.0681. The van der Waals surface area contributed by atoms with Gasteiger partial charge in [-0.2, -0.15) is 0 Å². The van der Waals surface area contributed by atoms with E-state index in [0.717, 1.165) is 11.3 Å². The van der Waals surface area contributed by atoms with E-state index >= 15 is 0 Å². The summed E-state index contributed by atoms with van der Waals surface area (Å²) < 4.78 is 0. The van der Waals surface area contributed by atoms with Gasteiger partial charge in [0.05, 0.1) is 12.6 Å². The molecule has 0 bridgehead atoms. The third-order valence-corrected chi connectivity index (χ3v) is 2.87. The highest BCUT2D eigenvalue weighted by atomic mass is 16.3. The third kappa shape index (κ3) is 2.95. The quantitative estimate of drug-likeness (QED) is 0.533. The number of nitrogen functional groups attached to an aromatic ring is 1. The number of nitrogens with zero attached hydrogens (tertiary/aromatic N) is 1. The summed E-state index contributed by atoms with van der Waals surface area (Å²) in [7, 11) is 1.68. The minimum absolute atomic E-state index is 0.0519. The van der Waals surface area contributed by atoms with Crippen molar-refractivity contribution in [2.75, 3.05) is 19.1 Å². The van der Waals surface area contributed by atoms with Crippen molar-refractivity contribution in [3.05, 3.63) is 29.3 Å². The van der Waals surface area contributed by atoms with E-state index in [9.17, 15) is 4.79 Å². The number of aliphatic hydroxyl groups is 1. The van der Waals surface area contributed by atoms with Gasteiger partial charge in [-0.25, -0.2) is 0 Å². The van der Waals surface area contributed by atoms with Crippen LogP contribution in [0.5, 0.6) is 0 Å². The lowest BCUT2D eigenvalue weighted by Gasteiger charge is -2.24. The number of rotatable bonds is 4. The molecule has 5 nitrogen and oxygen atoms in total. The molecule has 0 fully saturated rings. The highest BCUT2D eigenvalue weighted by Gasteiger charge is 2.18. The fraction of sp³-hybridized carbons (Fsp3) is 0.417. The maximum Gasteiger partial charge on any atom is 0.254 e. The number of benzene rings is 1. The Morgan fingerprint density at radius 1 is 1.59 bits per heavy atom. The normalized spacial score (nSPS) is 12.1. The predicted molar refractivity (Wildman–Crippen MR) is 67.6 cm³/mol. The molecular formula is C12H19N3O2. The summed E-state index contributed by atoms with van der Waals surface area (Å²) in [5.74, 6) is 5.19. The van der Waals surface area contributed by atoms with E-state index in [-0.39, 0.29) is 18.6 Å². The Kier molecular flexibility index (Phi) is 4.48. The van der Waals surface area contributed by atoms with Crippen LogP contribution in [0.1, 0.15) is 22.8 Å². The molecule has 0 saturated heterocycles. The van der Waals surface area contributed by atoms with Crippen molar-refractivity contribution in [2.24, 2.45) is 5.84 Å². The second-order valence-electron chi connectivity index (χ2n) is 4.12. The first-order valence-electron chi connectivity index (χ1n) is 5.46. The summed E-state index contributed by atoms with van der Waals surface area (Å²) >= 11 is 0. The molecule has 1 atom stereocenters. The average molecular weight is 237 g/mol. The van der Waals surface area contributed by atoms with E-state index in [1.807, 2.05) is 13.0 Å². The van der Waals surface area contributed by atoms with E-state index in [1.54, 1.807) is 26.1 Å². The molecule has 0 aromatic heterocycles. The fourth-order valence-electron chi connectivity index (χ4n) is 1.51. The van der Waals surface area contributed by atoms with Crippen molar-refractivity contribution in [3.63, 3.8) is 0 Å². The van der Waals surface area contributed by atoms with Crippen molar-refractivity contribution >= 4 is 11.6 Å². The highest BCUT2D eigenvalue weighted by molar-refractivity contribution is 5.96. The van der Waals surface area contributed by atoms with E-state index in [0.29, 0.717) is 5.56 Å². The van der Waals surface area contributed by atoms with Gasteiger partial charge in [0.1, 0.15) is 0 Å². The molecule has 5 heteroatoms. The molecule has 0 aliphatic carbocycles. The fourth-order valence-corrected chi connectivity index (χ4v) is 1.51. The van der Waals surface area contributed by atoms with Crippen LogP contribution >= 0.6 is 0 Å². The zero-order valence-corrected chi connectivity index (χ0v) is 10.4. The maximum absolute atomic E-state index is 12.1. The van der Waals surface area contributed by atoms with Gasteiger partial charge in [-0.1, -0.05) is 0 Å². The van der Waals surface area contributed by atoms with E-state index in [1.165, 1.54) is 4.90 Å². The molecule has 0 aliphatic heterocycles. The zero-order valence-electron chi connectivity index (χ0n) is 10.4. The molecule has 0 saturated carbocycles. The van der Waals surface area contributed by atoms with Gasteiger partial charge < -0.3 is 15.4 Å². The van der Waals surface area contributed by atoms with Crippen molar-refractivity contribution < 1.29 is 9.90 Å². The number of aliphatic hydroxyl groups excluding tert-OH is 1. The molecule has 0 aliphatic rings. The Balaban J connectivity index is 2.96. The van der Waals surface area contributed by atoms with Gasteiger partial charge in [0.2, 0.25) is 0 Å². The van der Waals surface area contributed by atoms with Gasteiger partial charge >= 0.3 is 0 Å². The van der Waals surface area contributed by atoms with Crippen molar-refractivity contribution in [3.8, 4) is 0 Å². The van der Waals surface area contributed by atoms with Gasteiger partial charge in [-0.05, 0) is 37.6 Å². The lowest BCUT2D eigenvalue weighted by Crippen LogP contribution is -2.37. The number of carbonyl (C=O) groups excluding carboxylic acids is 1. The van der Waals surface area contributed by atoms with Crippen LogP contribution in [0.15, 0.2) is 18.2 Å². The number of hydrogen-bond acceptors (Lipinski definition) is 4. The molecule has 0 spiro atoms. The van der Waals surface area contributed by atoms with E-state index in [4.69, 9.17) is 10.9 Å². The lowest BCUT2D eigenvalue weighted by atomic mass is 10.1. The van der Waals surface area contributed by atoms with Gasteiger partial charge in [0, 0.05) is 18.3 Å². The summed E-state index contributed by atoms with van der Waals surface area (Å²) in [6, 6.07) is 5.09. The summed E-state index contributed by atoms with van der Waals surface area (Å²) in [6.07, 6.45) is 0. The first kappa shape index (κ1) is 13.5. The van der Waals surface area contributed by atoms with Crippen molar-refractivity contribution in [1.29, 1.82) is 0 Å². The van der Waals surface area contributed by atoms with Crippen molar-refractivity contribution in [1.82, 2.24) is 4.90 Å². The Bertz CT molecular complexity index is 407. The minimum atomic E-state index is -0.200. The summed E-state index contributed by atoms with van der Waals surface area (Å²) in [5, 5.41) is 9.03. The van der Waals surface area contributed by atoms with E-state index in [2.05, 4.69) is 5.43 Å². The van der Waals surface area contributed by atoms with Crippen molar-refractivity contribution in [2.45, 2.75) is 19.9 Å². The molecule has 0 radical (unpaired) electrons. The Labute approximate surface area is 101 Å². The molecule has 0 heterocycles. The summed E-state index contributed by atoms with van der Waals surface area (Å²) in [4.78, 5) is 13.7. The molecule has 4 N–H and O–H groups in total. The average Bonchev–Trinajstić information content (AvgIpc) is 2.35. The maximum atomic E-state index is 12.1. The van der Waals surface area contributed by atoms with Crippen LogP contribution < -0.4 is 11.3 Å². The van der Waals surface area contributed by atoms with E-state index < -0.39 is 0 Å². The number of nitrogens with two attached hydrogens (primary N) is 1. The Hall–Kier alpha value is -1.59. The summed E-state index contributed by atoms with van der Waals surface area (Å²) in [5.41, 5.74) is 4.76. The van der Waals surface area contributed by atoms with Crippen LogP contribution in [0.4, 0.5) is 5.69 Å². The molecule has 1 amide bonds. The molecular weight excluding hydrogens is 218 g/mol. The molecule has 94 valence electrons. The number of likely N-dealkylation sites (N-methyl/N-ethyl adjacent to an activating group) is 1.